The molecule has 3 rings (SSSR count). The maximum Gasteiger partial charge on any atom is 0.338 e. The Morgan fingerprint density at radius 3 is 2.15 bits per heavy atom. The zero-order chi connectivity index (χ0) is 24.4. The molecule has 3 aromatic carbocycles. The van der Waals surface area contributed by atoms with Crippen LogP contribution in [-0.2, 0) is 11.2 Å². The monoisotopic (exact) mass is 463 g/mol. The fourth-order valence-corrected chi connectivity index (χ4v) is 3.42. The van der Waals surface area contributed by atoms with Crippen molar-refractivity contribution in [1.29, 1.82) is 0 Å². The van der Waals surface area contributed by atoms with E-state index in [9.17, 15) is 9.90 Å². The maximum atomic E-state index is 11.8. The minimum absolute atomic E-state index is 0.209. The van der Waals surface area contributed by atoms with E-state index >= 15 is 0 Å². The van der Waals surface area contributed by atoms with E-state index in [-0.39, 0.29) is 18.1 Å². The van der Waals surface area contributed by atoms with Crippen LogP contribution in [0.5, 0.6) is 17.2 Å². The second kappa shape index (κ2) is 12.2. The average Bonchev–Trinajstić information content (AvgIpc) is 2.84. The zero-order valence-electron chi connectivity index (χ0n) is 20.0. The van der Waals surface area contributed by atoms with E-state index in [2.05, 4.69) is 19.2 Å². The van der Waals surface area contributed by atoms with Crippen LogP contribution in [-0.4, -0.2) is 42.5 Å². The highest BCUT2D eigenvalue weighted by molar-refractivity contribution is 5.89. The van der Waals surface area contributed by atoms with Gasteiger partial charge in [-0.2, -0.15) is 0 Å². The molecule has 0 aliphatic carbocycles. The number of carbonyl (C=O) groups is 1. The van der Waals surface area contributed by atoms with Gasteiger partial charge in [-0.05, 0) is 81.3 Å². The van der Waals surface area contributed by atoms with Crippen molar-refractivity contribution >= 4 is 5.97 Å². The van der Waals surface area contributed by atoms with Crippen LogP contribution in [0.4, 0.5) is 0 Å². The van der Waals surface area contributed by atoms with Crippen molar-refractivity contribution in [3.63, 3.8) is 0 Å². The minimum atomic E-state index is -0.606. The number of nitrogens with one attached hydrogen (secondary N) is 1. The topological polar surface area (TPSA) is 77.0 Å². The summed E-state index contributed by atoms with van der Waals surface area (Å²) in [5, 5.41) is 13.7. The highest BCUT2D eigenvalue weighted by Gasteiger charge is 2.19. The normalized spacial score (nSPS) is 12.1. The quantitative estimate of drug-likeness (QED) is 0.368. The number of hydrogen-bond donors (Lipinski definition) is 2. The molecule has 0 aliphatic heterocycles. The van der Waals surface area contributed by atoms with Crippen LogP contribution in [0.15, 0.2) is 78.9 Å². The van der Waals surface area contributed by atoms with Crippen LogP contribution in [0.2, 0.25) is 0 Å². The Bertz CT molecular complexity index is 1020. The number of para-hydroxylation sites is 1. The van der Waals surface area contributed by atoms with E-state index in [1.54, 1.807) is 31.2 Å². The summed E-state index contributed by atoms with van der Waals surface area (Å²) in [5.74, 6) is 1.77. The van der Waals surface area contributed by atoms with Crippen molar-refractivity contribution in [2.45, 2.75) is 38.8 Å². The van der Waals surface area contributed by atoms with Gasteiger partial charge in [0.05, 0.1) is 12.2 Å². The van der Waals surface area contributed by atoms with Crippen molar-refractivity contribution in [2.75, 3.05) is 19.8 Å². The van der Waals surface area contributed by atoms with Crippen LogP contribution in [0.1, 0.15) is 36.7 Å². The summed E-state index contributed by atoms with van der Waals surface area (Å²) < 4.78 is 16.5. The van der Waals surface area contributed by atoms with Gasteiger partial charge in [0.15, 0.2) is 0 Å². The van der Waals surface area contributed by atoms with Crippen LogP contribution in [0.25, 0.3) is 0 Å². The van der Waals surface area contributed by atoms with Gasteiger partial charge in [-0.25, -0.2) is 4.79 Å². The number of rotatable bonds is 12. The lowest BCUT2D eigenvalue weighted by atomic mass is 9.94. The number of ether oxygens (including phenoxy) is 3. The first-order valence-electron chi connectivity index (χ1n) is 11.5. The Balaban J connectivity index is 1.45. The molecule has 0 saturated heterocycles. The smallest absolute Gasteiger partial charge is 0.338 e. The largest absolute Gasteiger partial charge is 0.491 e. The van der Waals surface area contributed by atoms with Gasteiger partial charge in [0.2, 0.25) is 0 Å². The molecule has 3 aromatic rings. The van der Waals surface area contributed by atoms with Crippen LogP contribution >= 0.6 is 0 Å². The molecule has 2 N–H and O–H groups in total. The summed E-state index contributed by atoms with van der Waals surface area (Å²) in [4.78, 5) is 11.8. The number of hydrogen-bond acceptors (Lipinski definition) is 6. The Kier molecular flexibility index (Phi) is 9.08. The van der Waals surface area contributed by atoms with E-state index in [1.165, 1.54) is 0 Å². The standard InChI is InChI=1S/C28H33NO5/c1-4-32-27(31)22-12-16-26(17-13-22)34-25-14-10-21(11-15-25)18-28(2,3)29-19-23(30)20-33-24-8-6-5-7-9-24/h5-17,23,29-30H,4,18-20H2,1-3H3/t23-/m0/s1. The highest BCUT2D eigenvalue weighted by Crippen LogP contribution is 2.23. The molecule has 34 heavy (non-hydrogen) atoms. The van der Waals surface area contributed by atoms with E-state index < -0.39 is 6.10 Å². The first-order valence-corrected chi connectivity index (χ1v) is 11.5. The molecular weight excluding hydrogens is 430 g/mol. The molecule has 0 radical (unpaired) electrons. The Hall–Kier alpha value is -3.35. The number of aliphatic hydroxyl groups is 1. The lowest BCUT2D eigenvalue weighted by Crippen LogP contribution is -2.46. The maximum absolute atomic E-state index is 11.8. The van der Waals surface area contributed by atoms with Gasteiger partial charge in [-0.15, -0.1) is 0 Å². The lowest BCUT2D eigenvalue weighted by molar-refractivity contribution is 0.0526. The zero-order valence-corrected chi connectivity index (χ0v) is 20.0. The van der Waals surface area contributed by atoms with Crippen LogP contribution in [0, 0.1) is 0 Å². The van der Waals surface area contributed by atoms with Crippen molar-refractivity contribution in [1.82, 2.24) is 5.32 Å². The Morgan fingerprint density at radius 2 is 1.53 bits per heavy atom. The minimum Gasteiger partial charge on any atom is -0.491 e. The molecule has 0 amide bonds. The molecule has 0 bridgehead atoms. The molecule has 1 atom stereocenters. The van der Waals surface area contributed by atoms with Crippen molar-refractivity contribution in [3.8, 4) is 17.2 Å². The third-order valence-corrected chi connectivity index (χ3v) is 5.17. The molecular formula is C28H33NO5. The van der Waals surface area contributed by atoms with E-state index in [0.29, 0.717) is 30.2 Å². The fraction of sp³-hybridized carbons (Fsp3) is 0.321. The third kappa shape index (κ3) is 8.21. The third-order valence-electron chi connectivity index (χ3n) is 5.17. The first kappa shape index (κ1) is 25.3. The van der Waals surface area contributed by atoms with E-state index in [1.807, 2.05) is 54.6 Å². The summed E-state index contributed by atoms with van der Waals surface area (Å²) in [5.41, 5.74) is 1.44. The number of esters is 1. The summed E-state index contributed by atoms with van der Waals surface area (Å²) in [6.45, 7) is 7.00. The fourth-order valence-electron chi connectivity index (χ4n) is 3.42. The van der Waals surface area contributed by atoms with Gasteiger partial charge in [0.25, 0.3) is 0 Å². The van der Waals surface area contributed by atoms with Crippen molar-refractivity contribution in [3.05, 3.63) is 90.0 Å². The number of carbonyl (C=O) groups excluding carboxylic acids is 1. The molecule has 0 aromatic heterocycles. The van der Waals surface area contributed by atoms with Gasteiger partial charge < -0.3 is 24.6 Å². The molecule has 6 heteroatoms. The summed E-state index contributed by atoms with van der Waals surface area (Å²) in [6, 6.07) is 24.3. The summed E-state index contributed by atoms with van der Waals surface area (Å²) in [6.07, 6.45) is 0.179. The lowest BCUT2D eigenvalue weighted by Gasteiger charge is -2.28. The average molecular weight is 464 g/mol. The van der Waals surface area contributed by atoms with Crippen LogP contribution < -0.4 is 14.8 Å². The van der Waals surface area contributed by atoms with Gasteiger partial charge in [-0.3, -0.25) is 0 Å². The van der Waals surface area contributed by atoms with Gasteiger partial charge in [0, 0.05) is 12.1 Å². The highest BCUT2D eigenvalue weighted by atomic mass is 16.5. The number of aliphatic hydroxyl groups excluding tert-OH is 1. The Labute approximate surface area is 201 Å². The molecule has 0 unspecified atom stereocenters. The summed E-state index contributed by atoms with van der Waals surface area (Å²) >= 11 is 0. The molecule has 6 nitrogen and oxygen atoms in total. The Morgan fingerprint density at radius 1 is 0.912 bits per heavy atom. The van der Waals surface area contributed by atoms with E-state index in [0.717, 1.165) is 17.7 Å². The number of benzene rings is 3. The molecule has 0 heterocycles. The van der Waals surface area contributed by atoms with Crippen molar-refractivity contribution in [2.24, 2.45) is 0 Å². The molecule has 0 saturated carbocycles. The van der Waals surface area contributed by atoms with Gasteiger partial charge in [-0.1, -0.05) is 30.3 Å². The summed E-state index contributed by atoms with van der Waals surface area (Å²) in [7, 11) is 0. The molecule has 180 valence electrons. The van der Waals surface area contributed by atoms with E-state index in [4.69, 9.17) is 14.2 Å². The first-order chi connectivity index (χ1) is 16.3. The number of β-amino-alcohol motifs (C(OH)–C–C–N with tert-alkyl or cyclic N) is 1. The van der Waals surface area contributed by atoms with Crippen molar-refractivity contribution < 1.29 is 24.1 Å². The van der Waals surface area contributed by atoms with Crippen LogP contribution in [0.3, 0.4) is 0 Å². The predicted octanol–water partition coefficient (Wildman–Crippen LogP) is 5.01. The molecule has 0 spiro atoms. The predicted molar refractivity (Wildman–Crippen MR) is 133 cm³/mol. The molecule has 0 aliphatic rings. The second-order valence-corrected chi connectivity index (χ2v) is 8.71. The van der Waals surface area contributed by atoms with Gasteiger partial charge in [0.1, 0.15) is 30.0 Å². The SMILES string of the molecule is CCOC(=O)c1ccc(Oc2ccc(CC(C)(C)NC[C@H](O)COc3ccccc3)cc2)cc1. The molecule has 0 fully saturated rings. The second-order valence-electron chi connectivity index (χ2n) is 8.71. The van der Waals surface area contributed by atoms with Gasteiger partial charge >= 0.3 is 5.97 Å².